The molecular weight excluding hydrogens is 335 g/mol. The molecule has 3 aromatic rings. The maximum atomic E-state index is 12.8. The summed E-state index contributed by atoms with van der Waals surface area (Å²) in [5.41, 5.74) is 1.00. The van der Waals surface area contributed by atoms with Gasteiger partial charge in [-0.05, 0) is 30.0 Å². The number of hydrogen-bond acceptors (Lipinski definition) is 3. The molecule has 0 aliphatic heterocycles. The van der Waals surface area contributed by atoms with Crippen LogP contribution >= 0.6 is 11.8 Å². The van der Waals surface area contributed by atoms with Crippen molar-refractivity contribution in [3.8, 4) is 0 Å². The van der Waals surface area contributed by atoms with E-state index in [9.17, 15) is 13.2 Å². The monoisotopic (exact) mass is 349 g/mol. The summed E-state index contributed by atoms with van der Waals surface area (Å²) in [5, 5.41) is 9.97. The van der Waals surface area contributed by atoms with Crippen LogP contribution in [-0.2, 0) is 6.18 Å². The van der Waals surface area contributed by atoms with Crippen LogP contribution in [0.1, 0.15) is 12.5 Å². The number of para-hydroxylation sites is 1. The van der Waals surface area contributed by atoms with Crippen molar-refractivity contribution < 1.29 is 13.2 Å². The van der Waals surface area contributed by atoms with Crippen LogP contribution in [0.4, 0.5) is 24.5 Å². The van der Waals surface area contributed by atoms with E-state index >= 15 is 0 Å². The molecule has 24 heavy (non-hydrogen) atoms. The second-order valence-electron chi connectivity index (χ2n) is 5.03. The van der Waals surface area contributed by atoms with Gasteiger partial charge >= 0.3 is 6.18 Å². The molecule has 7 heteroatoms. The second-order valence-corrected chi connectivity index (χ2v) is 6.30. The van der Waals surface area contributed by atoms with E-state index in [0.29, 0.717) is 5.69 Å². The number of azo groups is 1. The molecule has 0 fully saturated rings. The van der Waals surface area contributed by atoms with Crippen LogP contribution in [0.2, 0.25) is 0 Å². The molecule has 0 amide bonds. The van der Waals surface area contributed by atoms with E-state index in [4.69, 9.17) is 0 Å². The van der Waals surface area contributed by atoms with E-state index in [0.717, 1.165) is 33.8 Å². The molecule has 2 aromatic carbocycles. The topological polar surface area (TPSA) is 40.5 Å². The number of aromatic amines is 1. The van der Waals surface area contributed by atoms with Gasteiger partial charge < -0.3 is 4.98 Å². The zero-order valence-electron chi connectivity index (χ0n) is 12.8. The molecule has 0 unspecified atom stereocenters. The molecule has 0 radical (unpaired) electrons. The number of thioether (sulfide) groups is 1. The number of rotatable bonds is 4. The summed E-state index contributed by atoms with van der Waals surface area (Å²) >= 11 is 1.58. The first-order valence-corrected chi connectivity index (χ1v) is 8.30. The van der Waals surface area contributed by atoms with Crippen molar-refractivity contribution >= 4 is 34.0 Å². The Labute approximate surface area is 141 Å². The number of aromatic nitrogens is 1. The van der Waals surface area contributed by atoms with Crippen molar-refractivity contribution in [1.82, 2.24) is 4.98 Å². The van der Waals surface area contributed by atoms with Crippen molar-refractivity contribution in [2.75, 3.05) is 5.75 Å². The molecule has 0 aliphatic rings. The van der Waals surface area contributed by atoms with Crippen molar-refractivity contribution in [3.05, 3.63) is 54.1 Å². The molecule has 1 heterocycles. The summed E-state index contributed by atoms with van der Waals surface area (Å²) in [5.74, 6) is 0.846. The second kappa shape index (κ2) is 6.68. The number of nitrogens with one attached hydrogen (secondary N) is 1. The van der Waals surface area contributed by atoms with Crippen LogP contribution in [0.3, 0.4) is 0 Å². The Bertz CT molecular complexity index is 884. The average molecular weight is 349 g/mol. The molecule has 0 bridgehead atoms. The maximum absolute atomic E-state index is 12.8. The summed E-state index contributed by atoms with van der Waals surface area (Å²) in [6, 6.07) is 12.5. The Morgan fingerprint density at radius 2 is 1.83 bits per heavy atom. The van der Waals surface area contributed by atoms with Gasteiger partial charge in [-0.15, -0.1) is 16.9 Å². The summed E-state index contributed by atoms with van der Waals surface area (Å²) in [6.45, 7) is 2.02. The van der Waals surface area contributed by atoms with Crippen molar-refractivity contribution in [3.63, 3.8) is 0 Å². The highest BCUT2D eigenvalue weighted by atomic mass is 32.2. The Morgan fingerprint density at radius 3 is 2.58 bits per heavy atom. The Balaban J connectivity index is 2.00. The number of nitrogens with zero attached hydrogens (tertiary/aromatic N) is 2. The third-order valence-corrected chi connectivity index (χ3v) is 4.25. The fourth-order valence-corrected chi connectivity index (χ4v) is 3.06. The number of benzene rings is 2. The molecule has 3 nitrogen and oxygen atoms in total. The third kappa shape index (κ3) is 3.46. The predicted molar refractivity (Wildman–Crippen MR) is 90.3 cm³/mol. The van der Waals surface area contributed by atoms with Gasteiger partial charge in [0.05, 0.1) is 11.3 Å². The Hall–Kier alpha value is -2.28. The molecule has 1 aromatic heterocycles. The van der Waals surface area contributed by atoms with Crippen LogP contribution in [0, 0.1) is 0 Å². The molecule has 0 aliphatic carbocycles. The molecule has 0 saturated carbocycles. The largest absolute Gasteiger partial charge is 0.416 e. The Morgan fingerprint density at radius 1 is 1.04 bits per heavy atom. The maximum Gasteiger partial charge on any atom is 0.416 e. The zero-order valence-corrected chi connectivity index (χ0v) is 13.6. The lowest BCUT2D eigenvalue weighted by molar-refractivity contribution is -0.137. The quantitative estimate of drug-likeness (QED) is 0.412. The van der Waals surface area contributed by atoms with E-state index in [-0.39, 0.29) is 5.69 Å². The molecular formula is C17H14F3N3S. The van der Waals surface area contributed by atoms with E-state index in [1.54, 1.807) is 11.8 Å². The van der Waals surface area contributed by atoms with Crippen LogP contribution in [-0.4, -0.2) is 10.7 Å². The highest BCUT2D eigenvalue weighted by Crippen LogP contribution is 2.38. The van der Waals surface area contributed by atoms with Crippen LogP contribution in [0.15, 0.2) is 63.8 Å². The predicted octanol–water partition coefficient (Wildman–Crippen LogP) is 6.71. The number of alkyl halides is 3. The number of fused-ring (bicyclic) bond motifs is 1. The van der Waals surface area contributed by atoms with Gasteiger partial charge in [0, 0.05) is 10.9 Å². The average Bonchev–Trinajstić information content (AvgIpc) is 2.90. The number of halogens is 3. The lowest BCUT2D eigenvalue weighted by Gasteiger charge is -2.06. The summed E-state index contributed by atoms with van der Waals surface area (Å²) in [6.07, 6.45) is -4.39. The standard InChI is InChI=1S/C17H14F3N3S/c1-2-24-16-15(13-8-3-4-9-14(13)21-16)23-22-12-7-5-6-11(10-12)17(18,19)20/h3-10,21H,2H2,1H3. The highest BCUT2D eigenvalue weighted by Gasteiger charge is 2.30. The minimum atomic E-state index is -4.39. The molecule has 0 spiro atoms. The van der Waals surface area contributed by atoms with E-state index in [1.165, 1.54) is 12.1 Å². The first-order chi connectivity index (χ1) is 11.5. The van der Waals surface area contributed by atoms with Crippen LogP contribution < -0.4 is 0 Å². The molecule has 0 atom stereocenters. The van der Waals surface area contributed by atoms with Gasteiger partial charge in [0.1, 0.15) is 10.7 Å². The van der Waals surface area contributed by atoms with E-state index in [1.807, 2.05) is 31.2 Å². The minimum absolute atomic E-state index is 0.169. The lowest BCUT2D eigenvalue weighted by Crippen LogP contribution is -2.03. The minimum Gasteiger partial charge on any atom is -0.348 e. The highest BCUT2D eigenvalue weighted by molar-refractivity contribution is 7.99. The smallest absolute Gasteiger partial charge is 0.348 e. The van der Waals surface area contributed by atoms with Gasteiger partial charge in [-0.3, -0.25) is 0 Å². The van der Waals surface area contributed by atoms with Crippen LogP contribution in [0.5, 0.6) is 0 Å². The number of H-pyrrole nitrogens is 1. The fraction of sp³-hybridized carbons (Fsp3) is 0.176. The first-order valence-electron chi connectivity index (χ1n) is 7.31. The lowest BCUT2D eigenvalue weighted by atomic mass is 10.2. The molecule has 0 saturated heterocycles. The van der Waals surface area contributed by atoms with E-state index < -0.39 is 11.7 Å². The SMILES string of the molecule is CCSc1[nH]c2ccccc2c1N=Nc1cccc(C(F)(F)F)c1. The van der Waals surface area contributed by atoms with Gasteiger partial charge in [-0.2, -0.15) is 18.3 Å². The van der Waals surface area contributed by atoms with Crippen molar-refractivity contribution in [2.24, 2.45) is 10.2 Å². The molecule has 1 N–H and O–H groups in total. The van der Waals surface area contributed by atoms with Gasteiger partial charge in [0.15, 0.2) is 0 Å². The normalized spacial score (nSPS) is 12.3. The van der Waals surface area contributed by atoms with E-state index in [2.05, 4.69) is 15.2 Å². The van der Waals surface area contributed by atoms with Gasteiger partial charge in [-0.1, -0.05) is 31.2 Å². The van der Waals surface area contributed by atoms with Crippen LogP contribution in [0.25, 0.3) is 10.9 Å². The van der Waals surface area contributed by atoms with Gasteiger partial charge in [-0.25, -0.2) is 0 Å². The first kappa shape index (κ1) is 16.6. The summed E-state index contributed by atoms with van der Waals surface area (Å²) in [4.78, 5) is 3.27. The van der Waals surface area contributed by atoms with Gasteiger partial charge in [0.2, 0.25) is 0 Å². The molecule has 124 valence electrons. The van der Waals surface area contributed by atoms with Gasteiger partial charge in [0.25, 0.3) is 0 Å². The number of hydrogen-bond donors (Lipinski definition) is 1. The van der Waals surface area contributed by atoms with Crippen molar-refractivity contribution in [1.29, 1.82) is 0 Å². The third-order valence-electron chi connectivity index (χ3n) is 3.37. The Kier molecular flexibility index (Phi) is 4.62. The molecule has 3 rings (SSSR count). The fourth-order valence-electron chi connectivity index (χ4n) is 2.30. The summed E-state index contributed by atoms with van der Waals surface area (Å²) < 4.78 is 38.3. The zero-order chi connectivity index (χ0) is 17.2. The van der Waals surface area contributed by atoms with Crippen molar-refractivity contribution in [2.45, 2.75) is 18.1 Å². The summed E-state index contributed by atoms with van der Waals surface area (Å²) in [7, 11) is 0.